The molecule has 0 aliphatic carbocycles. The lowest BCUT2D eigenvalue weighted by Crippen LogP contribution is -2.00. The van der Waals surface area contributed by atoms with Gasteiger partial charge in [-0.1, -0.05) is 60.7 Å². The molecule has 2 nitrogen and oxygen atoms in total. The van der Waals surface area contributed by atoms with Crippen molar-refractivity contribution in [2.45, 2.75) is 20.5 Å². The van der Waals surface area contributed by atoms with Crippen molar-refractivity contribution in [2.24, 2.45) is 5.73 Å². The van der Waals surface area contributed by atoms with Crippen LogP contribution in [0, 0.1) is 6.92 Å². The third-order valence-corrected chi connectivity index (χ3v) is 3.28. The molecule has 0 spiro atoms. The van der Waals surface area contributed by atoms with E-state index in [9.17, 15) is 0 Å². The fraction of sp³-hybridized carbons (Fsp3) is 0.158. The van der Waals surface area contributed by atoms with Gasteiger partial charge in [0.2, 0.25) is 0 Å². The second kappa shape index (κ2) is 7.34. The molecule has 0 saturated carbocycles. The Morgan fingerprint density at radius 1 is 1.05 bits per heavy atom. The van der Waals surface area contributed by atoms with Gasteiger partial charge in [0, 0.05) is 17.3 Å². The molecule has 2 rings (SSSR count). The van der Waals surface area contributed by atoms with Crippen LogP contribution in [-0.4, -0.2) is 0 Å². The van der Waals surface area contributed by atoms with Crippen LogP contribution >= 0.6 is 0 Å². The van der Waals surface area contributed by atoms with Gasteiger partial charge in [-0.3, -0.25) is 0 Å². The van der Waals surface area contributed by atoms with Crippen molar-refractivity contribution in [3.63, 3.8) is 0 Å². The highest BCUT2D eigenvalue weighted by Gasteiger charge is 2.07. The Labute approximate surface area is 126 Å². The molecular formula is C19H21NO. The first kappa shape index (κ1) is 14.9. The van der Waals surface area contributed by atoms with E-state index in [1.165, 1.54) is 5.56 Å². The molecule has 2 heteroatoms. The Morgan fingerprint density at radius 3 is 2.38 bits per heavy atom. The average molecular weight is 279 g/mol. The highest BCUT2D eigenvalue weighted by atomic mass is 16.5. The third-order valence-electron chi connectivity index (χ3n) is 3.28. The molecule has 0 aliphatic rings. The van der Waals surface area contributed by atoms with Gasteiger partial charge in [0.25, 0.3) is 0 Å². The topological polar surface area (TPSA) is 35.2 Å². The van der Waals surface area contributed by atoms with Gasteiger partial charge in [-0.05, 0) is 25.0 Å². The molecule has 2 aromatic rings. The van der Waals surface area contributed by atoms with Crippen LogP contribution in [0.3, 0.4) is 0 Å². The summed E-state index contributed by atoms with van der Waals surface area (Å²) in [6.45, 7) is 4.51. The highest BCUT2D eigenvalue weighted by Crippen LogP contribution is 2.22. The average Bonchev–Trinajstić information content (AvgIpc) is 2.53. The molecule has 0 bridgehead atoms. The van der Waals surface area contributed by atoms with E-state index in [4.69, 9.17) is 10.5 Å². The molecule has 108 valence electrons. The molecule has 0 amide bonds. The maximum absolute atomic E-state index is 6.01. The summed E-state index contributed by atoms with van der Waals surface area (Å²) < 4.78 is 6.01. The van der Waals surface area contributed by atoms with E-state index in [1.54, 1.807) is 0 Å². The van der Waals surface area contributed by atoms with E-state index in [0.29, 0.717) is 12.3 Å². The maximum atomic E-state index is 6.01. The lowest BCUT2D eigenvalue weighted by Gasteiger charge is -2.13. The van der Waals surface area contributed by atoms with Gasteiger partial charge in [-0.25, -0.2) is 0 Å². The van der Waals surface area contributed by atoms with E-state index < -0.39 is 0 Å². The standard InChI is InChI=1S/C19H21NO/c1-3-17(20)13-19(18-12-8-7-9-15(18)2)21-14-16-10-5-4-6-11-16/h3-13H,14,20H2,1-2H3/b17-3?,19-13+. The van der Waals surface area contributed by atoms with Crippen LogP contribution in [0.1, 0.15) is 23.6 Å². The minimum Gasteiger partial charge on any atom is -0.488 e. The number of hydrogen-bond donors (Lipinski definition) is 1. The quantitative estimate of drug-likeness (QED) is 0.649. The largest absolute Gasteiger partial charge is 0.488 e. The zero-order valence-corrected chi connectivity index (χ0v) is 12.5. The Balaban J connectivity index is 2.26. The Kier molecular flexibility index (Phi) is 5.22. The Hall–Kier alpha value is -2.48. The van der Waals surface area contributed by atoms with Crippen LogP contribution in [0.5, 0.6) is 0 Å². The minimum atomic E-state index is 0.526. The molecule has 0 unspecified atom stereocenters. The van der Waals surface area contributed by atoms with E-state index in [2.05, 4.69) is 31.2 Å². The van der Waals surface area contributed by atoms with Crippen LogP contribution in [0.15, 0.2) is 72.4 Å². The van der Waals surface area contributed by atoms with Gasteiger partial charge in [0.05, 0.1) is 0 Å². The first-order valence-corrected chi connectivity index (χ1v) is 7.07. The van der Waals surface area contributed by atoms with Crippen LogP contribution in [0.25, 0.3) is 5.76 Å². The van der Waals surface area contributed by atoms with Gasteiger partial charge < -0.3 is 10.5 Å². The predicted octanol–water partition coefficient (Wildman–Crippen LogP) is 4.42. The molecule has 0 aromatic heterocycles. The normalized spacial score (nSPS) is 12.3. The SMILES string of the molecule is CC=C(N)/C=C(/OCc1ccccc1)c1ccccc1C. The Morgan fingerprint density at radius 2 is 1.71 bits per heavy atom. The van der Waals surface area contributed by atoms with Crippen molar-refractivity contribution in [1.82, 2.24) is 0 Å². The second-order valence-electron chi connectivity index (χ2n) is 4.89. The molecule has 0 heterocycles. The number of nitrogens with two attached hydrogens (primary N) is 1. The number of allylic oxidation sites excluding steroid dienone is 2. The fourth-order valence-corrected chi connectivity index (χ4v) is 2.02. The zero-order valence-electron chi connectivity index (χ0n) is 12.5. The molecule has 0 radical (unpaired) electrons. The summed E-state index contributed by atoms with van der Waals surface area (Å²) in [6.07, 6.45) is 3.75. The molecular weight excluding hydrogens is 258 g/mol. The van der Waals surface area contributed by atoms with E-state index in [1.807, 2.05) is 49.4 Å². The summed E-state index contributed by atoms with van der Waals surface area (Å²) in [5, 5.41) is 0. The van der Waals surface area contributed by atoms with Gasteiger partial charge in [-0.15, -0.1) is 0 Å². The monoisotopic (exact) mass is 279 g/mol. The fourth-order valence-electron chi connectivity index (χ4n) is 2.02. The van der Waals surface area contributed by atoms with Gasteiger partial charge in [0.1, 0.15) is 12.4 Å². The molecule has 2 aromatic carbocycles. The second-order valence-corrected chi connectivity index (χ2v) is 4.89. The molecule has 2 N–H and O–H groups in total. The van der Waals surface area contributed by atoms with Gasteiger partial charge in [0.15, 0.2) is 0 Å². The van der Waals surface area contributed by atoms with Crippen molar-refractivity contribution in [2.75, 3.05) is 0 Å². The van der Waals surface area contributed by atoms with E-state index in [-0.39, 0.29) is 0 Å². The summed E-state index contributed by atoms with van der Waals surface area (Å²) in [7, 11) is 0. The van der Waals surface area contributed by atoms with Crippen molar-refractivity contribution >= 4 is 5.76 Å². The van der Waals surface area contributed by atoms with Gasteiger partial charge in [-0.2, -0.15) is 0 Å². The molecule has 0 aliphatic heterocycles. The summed E-state index contributed by atoms with van der Waals surface area (Å²) in [6, 6.07) is 18.3. The number of rotatable bonds is 5. The predicted molar refractivity (Wildman–Crippen MR) is 88.3 cm³/mol. The molecule has 0 fully saturated rings. The maximum Gasteiger partial charge on any atom is 0.129 e. The van der Waals surface area contributed by atoms with E-state index in [0.717, 1.165) is 16.9 Å². The summed E-state index contributed by atoms with van der Waals surface area (Å²) in [5.41, 5.74) is 10.0. The summed E-state index contributed by atoms with van der Waals surface area (Å²) in [4.78, 5) is 0. The molecule has 21 heavy (non-hydrogen) atoms. The summed E-state index contributed by atoms with van der Waals surface area (Å²) >= 11 is 0. The van der Waals surface area contributed by atoms with Crippen molar-refractivity contribution < 1.29 is 4.74 Å². The third kappa shape index (κ3) is 4.25. The molecule has 0 saturated heterocycles. The smallest absolute Gasteiger partial charge is 0.129 e. The zero-order chi connectivity index (χ0) is 15.1. The summed E-state index contributed by atoms with van der Waals surface area (Å²) in [5.74, 6) is 0.799. The van der Waals surface area contributed by atoms with Crippen molar-refractivity contribution in [3.8, 4) is 0 Å². The number of hydrogen-bond acceptors (Lipinski definition) is 2. The number of benzene rings is 2. The van der Waals surface area contributed by atoms with Crippen LogP contribution < -0.4 is 5.73 Å². The van der Waals surface area contributed by atoms with Crippen molar-refractivity contribution in [1.29, 1.82) is 0 Å². The van der Waals surface area contributed by atoms with Crippen LogP contribution in [0.4, 0.5) is 0 Å². The van der Waals surface area contributed by atoms with Crippen molar-refractivity contribution in [3.05, 3.63) is 89.1 Å². The highest BCUT2D eigenvalue weighted by molar-refractivity contribution is 5.65. The molecule has 0 atom stereocenters. The number of aryl methyl sites for hydroxylation is 1. The van der Waals surface area contributed by atoms with Crippen LogP contribution in [-0.2, 0) is 11.3 Å². The Bertz CT molecular complexity index is 642. The first-order valence-electron chi connectivity index (χ1n) is 7.07. The van der Waals surface area contributed by atoms with Gasteiger partial charge >= 0.3 is 0 Å². The van der Waals surface area contributed by atoms with E-state index >= 15 is 0 Å². The number of ether oxygens (including phenoxy) is 1. The lowest BCUT2D eigenvalue weighted by atomic mass is 10.1. The first-order chi connectivity index (χ1) is 10.2. The minimum absolute atomic E-state index is 0.526. The van der Waals surface area contributed by atoms with Crippen LogP contribution in [0.2, 0.25) is 0 Å². The lowest BCUT2D eigenvalue weighted by molar-refractivity contribution is 0.264.